The molecule has 2 fully saturated rings. The van der Waals surface area contributed by atoms with E-state index >= 15 is 4.39 Å². The van der Waals surface area contributed by atoms with Gasteiger partial charge in [0.25, 0.3) is 0 Å². The summed E-state index contributed by atoms with van der Waals surface area (Å²) in [6, 6.07) is 11.8. The van der Waals surface area contributed by atoms with E-state index in [-0.39, 0.29) is 19.5 Å². The number of nitrogens with zero attached hydrogens (tertiary/aromatic N) is 3. The number of halogens is 1. The number of benzene rings is 2. The van der Waals surface area contributed by atoms with Gasteiger partial charge >= 0.3 is 12.2 Å². The molecule has 0 aromatic heterocycles. The average molecular weight is 543 g/mol. The first-order chi connectivity index (χ1) is 18.5. The molecule has 2 aromatic carbocycles. The van der Waals surface area contributed by atoms with Crippen molar-refractivity contribution < 1.29 is 33.0 Å². The first kappa shape index (κ1) is 28.2. The molecule has 10 nitrogen and oxygen atoms in total. The van der Waals surface area contributed by atoms with Crippen molar-refractivity contribution in [2.75, 3.05) is 54.1 Å². The highest BCUT2D eigenvalue weighted by molar-refractivity contribution is 5.92. The van der Waals surface area contributed by atoms with Crippen LogP contribution in [0.2, 0.25) is 0 Å². The minimum absolute atomic E-state index is 0.000911. The van der Waals surface area contributed by atoms with E-state index in [0.29, 0.717) is 49.8 Å². The van der Waals surface area contributed by atoms with Crippen molar-refractivity contribution in [2.45, 2.75) is 45.3 Å². The molecule has 2 N–H and O–H groups in total. The molecule has 4 rings (SSSR count). The zero-order chi connectivity index (χ0) is 28.2. The molecule has 0 bridgehead atoms. The molecule has 210 valence electrons. The second kappa shape index (κ2) is 11.9. The van der Waals surface area contributed by atoms with E-state index in [0.717, 1.165) is 5.56 Å². The molecule has 0 saturated carbocycles. The van der Waals surface area contributed by atoms with Crippen LogP contribution < -0.4 is 20.4 Å². The van der Waals surface area contributed by atoms with Gasteiger partial charge in [-0.3, -0.25) is 14.6 Å². The Morgan fingerprint density at radius 2 is 1.87 bits per heavy atom. The van der Waals surface area contributed by atoms with Gasteiger partial charge in [-0.05, 0) is 57.0 Å². The fourth-order valence-corrected chi connectivity index (χ4v) is 4.59. The number of ether oxygens (including phenoxy) is 3. The lowest BCUT2D eigenvalue weighted by Crippen LogP contribution is -2.42. The molecule has 11 heteroatoms. The summed E-state index contributed by atoms with van der Waals surface area (Å²) >= 11 is 0. The fraction of sp³-hybridized carbons (Fsp3) is 0.464. The molecule has 2 aliphatic rings. The number of amides is 3. The molecule has 39 heavy (non-hydrogen) atoms. The van der Waals surface area contributed by atoms with E-state index in [2.05, 4.69) is 0 Å². The van der Waals surface area contributed by atoms with Gasteiger partial charge in [-0.25, -0.2) is 14.0 Å². The van der Waals surface area contributed by atoms with Crippen molar-refractivity contribution in [3.05, 3.63) is 53.8 Å². The molecule has 0 radical (unpaired) electrons. The molecule has 3 amide bonds. The highest BCUT2D eigenvalue weighted by atomic mass is 19.1. The third-order valence-corrected chi connectivity index (χ3v) is 6.39. The zero-order valence-corrected chi connectivity index (χ0v) is 22.5. The Balaban J connectivity index is 1.54. The lowest BCUT2D eigenvalue weighted by Gasteiger charge is -2.30. The van der Waals surface area contributed by atoms with Crippen LogP contribution in [0.1, 0.15) is 32.8 Å². The third kappa shape index (κ3) is 7.17. The molecule has 1 atom stereocenters. The van der Waals surface area contributed by atoms with Crippen LogP contribution in [-0.2, 0) is 25.4 Å². The summed E-state index contributed by atoms with van der Waals surface area (Å²) < 4.78 is 31.6. The molecule has 0 aliphatic carbocycles. The van der Waals surface area contributed by atoms with E-state index in [1.807, 2.05) is 4.90 Å². The van der Waals surface area contributed by atoms with Crippen LogP contribution in [0, 0.1) is 5.82 Å². The molecule has 2 saturated heterocycles. The molecule has 2 aliphatic heterocycles. The molecule has 2 heterocycles. The number of nitrogens with two attached hydrogens (primary N) is 1. The van der Waals surface area contributed by atoms with Crippen LogP contribution in [0.25, 0.3) is 0 Å². The number of anilines is 3. The number of morpholine rings is 1. The quantitative estimate of drug-likeness (QED) is 0.539. The summed E-state index contributed by atoms with van der Waals surface area (Å²) in [5.41, 5.74) is 6.65. The number of hydrogen-bond donors (Lipinski definition) is 1. The Morgan fingerprint density at radius 1 is 1.15 bits per heavy atom. The normalized spacial score (nSPS) is 17.6. The standard InChI is InChI=1S/C28H35FN4O6/c1-28(2,3)39-27(36)33(23-7-5-4-6-19(23)8-11-25(30)34)18-21-17-32(26(35)38-21)20-9-10-24(22(29)16-20)31-12-14-37-15-13-31/h4-7,9-10,16,21H,8,11-15,17-18H2,1-3H3,(H2,30,34)/t21-/m0/s1. The number of aryl methyl sites for hydroxylation is 1. The second-order valence-corrected chi connectivity index (χ2v) is 10.5. The minimum atomic E-state index is -0.768. The molecule has 0 unspecified atom stereocenters. The first-order valence-corrected chi connectivity index (χ1v) is 13.0. The monoisotopic (exact) mass is 542 g/mol. The van der Waals surface area contributed by atoms with Crippen molar-refractivity contribution >= 4 is 35.2 Å². The Bertz CT molecular complexity index is 1210. The van der Waals surface area contributed by atoms with Gasteiger partial charge in [0.1, 0.15) is 17.5 Å². The smallest absolute Gasteiger partial charge is 0.414 e. The van der Waals surface area contributed by atoms with E-state index in [1.54, 1.807) is 57.2 Å². The topological polar surface area (TPSA) is 115 Å². The number of primary amides is 1. The van der Waals surface area contributed by atoms with Gasteiger partial charge in [-0.1, -0.05) is 18.2 Å². The van der Waals surface area contributed by atoms with E-state index in [1.165, 1.54) is 15.9 Å². The van der Waals surface area contributed by atoms with Crippen molar-refractivity contribution in [1.29, 1.82) is 0 Å². The van der Waals surface area contributed by atoms with Crippen molar-refractivity contribution in [3.63, 3.8) is 0 Å². The fourth-order valence-electron chi connectivity index (χ4n) is 4.59. The number of carbonyl (C=O) groups excluding carboxylic acids is 3. The summed E-state index contributed by atoms with van der Waals surface area (Å²) in [5.74, 6) is -0.898. The maximum Gasteiger partial charge on any atom is 0.414 e. The number of cyclic esters (lactones) is 1. The minimum Gasteiger partial charge on any atom is -0.443 e. The van der Waals surface area contributed by atoms with Crippen LogP contribution in [0.15, 0.2) is 42.5 Å². The Kier molecular flexibility index (Phi) is 8.59. The number of hydrogen-bond acceptors (Lipinski definition) is 7. The third-order valence-electron chi connectivity index (χ3n) is 6.39. The maximum absolute atomic E-state index is 15.0. The van der Waals surface area contributed by atoms with E-state index in [9.17, 15) is 14.4 Å². The summed E-state index contributed by atoms with van der Waals surface area (Å²) in [5, 5.41) is 0. The van der Waals surface area contributed by atoms with Gasteiger partial charge in [0.15, 0.2) is 0 Å². The van der Waals surface area contributed by atoms with Crippen LogP contribution >= 0.6 is 0 Å². The SMILES string of the molecule is CC(C)(C)OC(=O)N(C[C@@H]1CN(c2ccc(N3CCOCC3)c(F)c2)C(=O)O1)c1ccccc1CCC(N)=O. The Labute approximate surface area is 227 Å². The highest BCUT2D eigenvalue weighted by Gasteiger charge is 2.37. The summed E-state index contributed by atoms with van der Waals surface area (Å²) in [7, 11) is 0. The van der Waals surface area contributed by atoms with E-state index in [4.69, 9.17) is 19.9 Å². The van der Waals surface area contributed by atoms with Gasteiger partial charge in [-0.15, -0.1) is 0 Å². The highest BCUT2D eigenvalue weighted by Crippen LogP contribution is 2.30. The summed E-state index contributed by atoms with van der Waals surface area (Å²) in [6.45, 7) is 7.62. The van der Waals surface area contributed by atoms with Gasteiger partial charge in [0.2, 0.25) is 5.91 Å². The van der Waals surface area contributed by atoms with Gasteiger partial charge < -0.3 is 24.8 Å². The van der Waals surface area contributed by atoms with Gasteiger partial charge in [-0.2, -0.15) is 0 Å². The van der Waals surface area contributed by atoms with Crippen LogP contribution in [0.5, 0.6) is 0 Å². The van der Waals surface area contributed by atoms with Gasteiger partial charge in [0, 0.05) is 19.5 Å². The molecular formula is C28H35FN4O6. The molecular weight excluding hydrogens is 507 g/mol. The van der Waals surface area contributed by atoms with Crippen LogP contribution in [0.3, 0.4) is 0 Å². The lowest BCUT2D eigenvalue weighted by atomic mass is 10.1. The number of rotatable bonds is 8. The predicted molar refractivity (Wildman–Crippen MR) is 145 cm³/mol. The summed E-state index contributed by atoms with van der Waals surface area (Å²) in [6.07, 6.45) is -1.53. The first-order valence-electron chi connectivity index (χ1n) is 13.0. The predicted octanol–water partition coefficient (Wildman–Crippen LogP) is 3.85. The van der Waals surface area contributed by atoms with Crippen LogP contribution in [-0.4, -0.2) is 69.2 Å². The average Bonchev–Trinajstić information content (AvgIpc) is 3.25. The van der Waals surface area contributed by atoms with Gasteiger partial charge in [0.05, 0.1) is 43.4 Å². The van der Waals surface area contributed by atoms with Crippen molar-refractivity contribution in [1.82, 2.24) is 0 Å². The number of carbonyl (C=O) groups is 3. The second-order valence-electron chi connectivity index (χ2n) is 10.5. The Hall–Kier alpha value is -3.86. The van der Waals surface area contributed by atoms with Crippen molar-refractivity contribution in [3.8, 4) is 0 Å². The maximum atomic E-state index is 15.0. The lowest BCUT2D eigenvalue weighted by molar-refractivity contribution is -0.118. The number of para-hydroxylation sites is 1. The molecule has 0 spiro atoms. The van der Waals surface area contributed by atoms with E-state index < -0.39 is 35.6 Å². The largest absolute Gasteiger partial charge is 0.443 e. The Morgan fingerprint density at radius 3 is 2.54 bits per heavy atom. The zero-order valence-electron chi connectivity index (χ0n) is 22.5. The summed E-state index contributed by atoms with van der Waals surface area (Å²) in [4.78, 5) is 42.2. The van der Waals surface area contributed by atoms with Crippen molar-refractivity contribution in [2.24, 2.45) is 5.73 Å². The molecule has 2 aromatic rings. The van der Waals surface area contributed by atoms with Crippen LogP contribution in [0.4, 0.5) is 31.0 Å².